The molecule has 1 amide bonds. The number of benzene rings is 2. The molecule has 0 aliphatic carbocycles. The molecule has 0 N–H and O–H groups in total. The van der Waals surface area contributed by atoms with E-state index in [4.69, 9.17) is 4.84 Å². The third-order valence-electron chi connectivity index (χ3n) is 2.57. The highest BCUT2D eigenvalue weighted by Gasteiger charge is 2.13. The Morgan fingerprint density at radius 1 is 1.05 bits per heavy atom. The number of hydrogen-bond donors (Lipinski definition) is 0. The predicted molar refractivity (Wildman–Crippen MR) is 75.4 cm³/mol. The van der Waals surface area contributed by atoms with Crippen molar-refractivity contribution in [3.8, 4) is 0 Å². The summed E-state index contributed by atoms with van der Waals surface area (Å²) >= 11 is 0. The Morgan fingerprint density at radius 3 is 2.21 bits per heavy atom. The van der Waals surface area contributed by atoms with Gasteiger partial charge in [0.2, 0.25) is 0 Å². The number of para-hydroxylation sites is 1. The molecule has 0 fully saturated rings. The molecule has 0 bridgehead atoms. The summed E-state index contributed by atoms with van der Waals surface area (Å²) in [6.07, 6.45) is 1.23. The number of rotatable bonds is 5. The summed E-state index contributed by atoms with van der Waals surface area (Å²) in [4.78, 5) is 17.4. The fourth-order valence-corrected chi connectivity index (χ4v) is 1.63. The van der Waals surface area contributed by atoms with E-state index in [0.29, 0.717) is 12.3 Å². The predicted octanol–water partition coefficient (Wildman–Crippen LogP) is 3.34. The summed E-state index contributed by atoms with van der Waals surface area (Å²) in [6.45, 7) is 3.82. The van der Waals surface area contributed by atoms with E-state index >= 15 is 0 Å². The van der Waals surface area contributed by atoms with Gasteiger partial charge in [0.25, 0.3) is 5.91 Å². The Labute approximate surface area is 112 Å². The molecule has 0 spiro atoms. The third kappa shape index (κ3) is 3.53. The first-order chi connectivity index (χ1) is 9.31. The van der Waals surface area contributed by atoms with Crippen LogP contribution in [-0.2, 0) is 16.2 Å². The molecule has 0 radical (unpaired) electrons. The van der Waals surface area contributed by atoms with Gasteiger partial charge in [-0.15, -0.1) is 0 Å². The smallest absolute Gasteiger partial charge is 0.267 e. The van der Waals surface area contributed by atoms with E-state index in [2.05, 4.69) is 6.58 Å². The van der Waals surface area contributed by atoms with Gasteiger partial charge >= 0.3 is 0 Å². The number of hydroxylamine groups is 1. The molecule has 0 heterocycles. The summed E-state index contributed by atoms with van der Waals surface area (Å²) in [6, 6.07) is 18.9. The van der Waals surface area contributed by atoms with Gasteiger partial charge in [-0.05, 0) is 23.8 Å². The van der Waals surface area contributed by atoms with Gasteiger partial charge in [0.05, 0.1) is 5.69 Å². The van der Waals surface area contributed by atoms with Crippen molar-refractivity contribution in [2.75, 3.05) is 5.06 Å². The van der Waals surface area contributed by atoms with E-state index in [0.717, 1.165) is 5.56 Å². The summed E-state index contributed by atoms with van der Waals surface area (Å²) in [5.74, 6) is -0.290. The minimum absolute atomic E-state index is 0.290. The molecule has 0 aliphatic heterocycles. The second-order valence-electron chi connectivity index (χ2n) is 3.93. The maximum atomic E-state index is 11.8. The summed E-state index contributed by atoms with van der Waals surface area (Å²) in [5.41, 5.74) is 1.68. The van der Waals surface area contributed by atoms with Gasteiger partial charge in [-0.1, -0.05) is 55.1 Å². The first kappa shape index (κ1) is 13.1. The molecule has 3 nitrogen and oxygen atoms in total. The van der Waals surface area contributed by atoms with Crippen LogP contribution in [0.3, 0.4) is 0 Å². The van der Waals surface area contributed by atoms with Gasteiger partial charge in [0.1, 0.15) is 6.61 Å². The van der Waals surface area contributed by atoms with Crippen LogP contribution >= 0.6 is 0 Å². The van der Waals surface area contributed by atoms with Gasteiger partial charge < -0.3 is 0 Å². The Morgan fingerprint density at radius 2 is 1.63 bits per heavy atom. The summed E-state index contributed by atoms with van der Waals surface area (Å²) in [7, 11) is 0. The largest absolute Gasteiger partial charge is 0.274 e. The maximum Gasteiger partial charge on any atom is 0.274 e. The Balaban J connectivity index is 2.11. The number of anilines is 1. The summed E-state index contributed by atoms with van der Waals surface area (Å²) < 4.78 is 0. The first-order valence-electron chi connectivity index (χ1n) is 5.99. The van der Waals surface area contributed by atoms with Crippen LogP contribution in [-0.4, -0.2) is 5.91 Å². The lowest BCUT2D eigenvalue weighted by Gasteiger charge is -2.20. The Hall–Kier alpha value is -2.39. The number of amides is 1. The average Bonchev–Trinajstić information content (AvgIpc) is 2.49. The Bertz CT molecular complexity index is 537. The molecule has 0 unspecified atom stereocenters. The molecular formula is C16H15NO2. The fourth-order valence-electron chi connectivity index (χ4n) is 1.63. The van der Waals surface area contributed by atoms with Crippen molar-refractivity contribution in [3.63, 3.8) is 0 Å². The molecule has 0 aliphatic rings. The zero-order chi connectivity index (χ0) is 13.5. The van der Waals surface area contributed by atoms with E-state index in [-0.39, 0.29) is 5.91 Å². The summed E-state index contributed by atoms with van der Waals surface area (Å²) in [5, 5.41) is 1.25. The molecule has 0 aromatic heterocycles. The van der Waals surface area contributed by atoms with Crippen molar-refractivity contribution in [2.24, 2.45) is 0 Å². The molecule has 3 heteroatoms. The minimum atomic E-state index is -0.290. The Kier molecular flexibility index (Phi) is 4.48. The van der Waals surface area contributed by atoms with E-state index in [9.17, 15) is 4.79 Å². The van der Waals surface area contributed by atoms with Crippen molar-refractivity contribution < 1.29 is 9.63 Å². The van der Waals surface area contributed by atoms with Crippen LogP contribution < -0.4 is 5.06 Å². The van der Waals surface area contributed by atoms with E-state index in [1.807, 2.05) is 60.7 Å². The van der Waals surface area contributed by atoms with Gasteiger partial charge in [0, 0.05) is 0 Å². The van der Waals surface area contributed by atoms with Crippen LogP contribution in [0.4, 0.5) is 5.69 Å². The van der Waals surface area contributed by atoms with Crippen molar-refractivity contribution >= 4 is 11.6 Å². The van der Waals surface area contributed by atoms with Crippen LogP contribution in [0.25, 0.3) is 0 Å². The molecule has 2 aromatic carbocycles. The molecule has 0 saturated heterocycles. The second-order valence-corrected chi connectivity index (χ2v) is 3.93. The quantitative estimate of drug-likeness (QED) is 0.604. The molecule has 2 rings (SSSR count). The van der Waals surface area contributed by atoms with E-state index < -0.39 is 0 Å². The molecule has 19 heavy (non-hydrogen) atoms. The van der Waals surface area contributed by atoms with Crippen LogP contribution in [0, 0.1) is 0 Å². The van der Waals surface area contributed by atoms with Crippen LogP contribution in [0.1, 0.15) is 5.56 Å². The van der Waals surface area contributed by atoms with E-state index in [1.165, 1.54) is 11.1 Å². The standard InChI is InChI=1S/C16H15NO2/c1-2-16(18)17(15-11-7-4-8-12-15)19-13-14-9-5-3-6-10-14/h2-12H,1,13H2. The van der Waals surface area contributed by atoms with Gasteiger partial charge in [0.15, 0.2) is 0 Å². The highest BCUT2D eigenvalue weighted by molar-refractivity contribution is 5.99. The highest BCUT2D eigenvalue weighted by Crippen LogP contribution is 2.15. The molecule has 0 saturated carbocycles. The normalized spacial score (nSPS) is 9.89. The lowest BCUT2D eigenvalue weighted by atomic mass is 10.2. The molecule has 0 atom stereocenters. The van der Waals surface area contributed by atoms with Crippen LogP contribution in [0.15, 0.2) is 73.3 Å². The van der Waals surface area contributed by atoms with Crippen LogP contribution in [0.5, 0.6) is 0 Å². The average molecular weight is 253 g/mol. The van der Waals surface area contributed by atoms with Gasteiger partial charge in [-0.3, -0.25) is 9.63 Å². The van der Waals surface area contributed by atoms with Crippen molar-refractivity contribution in [2.45, 2.75) is 6.61 Å². The number of hydrogen-bond acceptors (Lipinski definition) is 2. The third-order valence-corrected chi connectivity index (χ3v) is 2.57. The minimum Gasteiger partial charge on any atom is -0.267 e. The van der Waals surface area contributed by atoms with Crippen LogP contribution in [0.2, 0.25) is 0 Å². The zero-order valence-corrected chi connectivity index (χ0v) is 10.5. The number of carbonyl (C=O) groups excluding carboxylic acids is 1. The lowest BCUT2D eigenvalue weighted by molar-refractivity contribution is -0.121. The topological polar surface area (TPSA) is 29.5 Å². The van der Waals surface area contributed by atoms with Crippen molar-refractivity contribution in [3.05, 3.63) is 78.9 Å². The maximum absolute atomic E-state index is 11.8. The highest BCUT2D eigenvalue weighted by atomic mass is 16.7. The molecule has 2 aromatic rings. The first-order valence-corrected chi connectivity index (χ1v) is 5.99. The number of carbonyl (C=O) groups is 1. The fraction of sp³-hybridized carbons (Fsp3) is 0.0625. The van der Waals surface area contributed by atoms with Gasteiger partial charge in [-0.25, -0.2) is 0 Å². The van der Waals surface area contributed by atoms with E-state index in [1.54, 1.807) is 0 Å². The monoisotopic (exact) mass is 253 g/mol. The molecule has 96 valence electrons. The van der Waals surface area contributed by atoms with Crippen molar-refractivity contribution in [1.82, 2.24) is 0 Å². The van der Waals surface area contributed by atoms with Crippen molar-refractivity contribution in [1.29, 1.82) is 0 Å². The van der Waals surface area contributed by atoms with Gasteiger partial charge in [-0.2, -0.15) is 5.06 Å². The SMILES string of the molecule is C=CC(=O)N(OCc1ccccc1)c1ccccc1. The lowest BCUT2D eigenvalue weighted by Crippen LogP contribution is -2.29. The number of nitrogens with zero attached hydrogens (tertiary/aromatic N) is 1. The second kappa shape index (κ2) is 6.52. The zero-order valence-electron chi connectivity index (χ0n) is 10.5. The molecular weight excluding hydrogens is 238 g/mol.